The monoisotopic (exact) mass is 399 g/mol. The van der Waals surface area contributed by atoms with Gasteiger partial charge in [-0.25, -0.2) is 9.97 Å². The molecule has 1 amide bonds. The molecule has 0 bridgehead atoms. The molecule has 3 aromatic carbocycles. The molecule has 0 aliphatic carbocycles. The van der Waals surface area contributed by atoms with E-state index < -0.39 is 5.25 Å². The van der Waals surface area contributed by atoms with Crippen molar-refractivity contribution in [3.05, 3.63) is 95.8 Å². The molecular weight excluding hydrogens is 378 g/mol. The lowest BCUT2D eigenvalue weighted by Gasteiger charge is -2.18. The summed E-state index contributed by atoms with van der Waals surface area (Å²) in [6.45, 7) is 4.02. The number of nitrogens with one attached hydrogen (secondary N) is 1. The second-order valence-electron chi connectivity index (χ2n) is 6.91. The summed E-state index contributed by atoms with van der Waals surface area (Å²) < 4.78 is 0. The molecule has 1 heterocycles. The standard InChI is InChI=1S/C24H21N3OS/c1-16-12-13-17(2)21(14-16)27-23(28)22(18-8-4-3-5-9-18)29-24-19-10-6-7-11-20(19)25-15-26-24/h3-15,22H,1-2H3,(H,27,28)/t22-/m1/s1. The van der Waals surface area contributed by atoms with E-state index in [0.717, 1.165) is 38.3 Å². The minimum atomic E-state index is -0.436. The number of aryl methyl sites for hydroxylation is 2. The van der Waals surface area contributed by atoms with E-state index in [9.17, 15) is 4.79 Å². The van der Waals surface area contributed by atoms with Gasteiger partial charge in [0.1, 0.15) is 16.6 Å². The van der Waals surface area contributed by atoms with Crippen LogP contribution in [0.2, 0.25) is 0 Å². The van der Waals surface area contributed by atoms with Gasteiger partial charge < -0.3 is 5.32 Å². The van der Waals surface area contributed by atoms with Gasteiger partial charge >= 0.3 is 0 Å². The molecule has 0 saturated heterocycles. The number of carbonyl (C=O) groups is 1. The Morgan fingerprint density at radius 3 is 2.52 bits per heavy atom. The Morgan fingerprint density at radius 2 is 1.69 bits per heavy atom. The van der Waals surface area contributed by atoms with Gasteiger partial charge in [0.15, 0.2) is 0 Å². The third kappa shape index (κ3) is 4.30. The molecule has 0 aliphatic rings. The van der Waals surface area contributed by atoms with Crippen molar-refractivity contribution < 1.29 is 4.79 Å². The number of aromatic nitrogens is 2. The summed E-state index contributed by atoms with van der Waals surface area (Å²) in [4.78, 5) is 22.1. The Balaban J connectivity index is 1.70. The molecule has 4 nitrogen and oxygen atoms in total. The first-order valence-corrected chi connectivity index (χ1v) is 10.3. The average molecular weight is 400 g/mol. The maximum absolute atomic E-state index is 13.3. The summed E-state index contributed by atoms with van der Waals surface area (Å²) in [7, 11) is 0. The number of fused-ring (bicyclic) bond motifs is 1. The van der Waals surface area contributed by atoms with Crippen molar-refractivity contribution in [3.63, 3.8) is 0 Å². The van der Waals surface area contributed by atoms with Crippen LogP contribution < -0.4 is 5.32 Å². The molecule has 0 radical (unpaired) electrons. The number of thioether (sulfide) groups is 1. The molecule has 0 spiro atoms. The van der Waals surface area contributed by atoms with Crippen LogP contribution in [0.4, 0.5) is 5.69 Å². The molecule has 0 unspecified atom stereocenters. The van der Waals surface area contributed by atoms with Crippen molar-refractivity contribution in [2.24, 2.45) is 0 Å². The van der Waals surface area contributed by atoms with Gasteiger partial charge in [-0.15, -0.1) is 0 Å². The van der Waals surface area contributed by atoms with Crippen LogP contribution >= 0.6 is 11.8 Å². The minimum absolute atomic E-state index is 0.0717. The lowest BCUT2D eigenvalue weighted by molar-refractivity contribution is -0.115. The van der Waals surface area contributed by atoms with Gasteiger partial charge in [-0.05, 0) is 42.7 Å². The molecule has 0 aliphatic heterocycles. The van der Waals surface area contributed by atoms with E-state index in [1.54, 1.807) is 6.33 Å². The van der Waals surface area contributed by atoms with E-state index in [2.05, 4.69) is 15.3 Å². The summed E-state index contributed by atoms with van der Waals surface area (Å²) in [6.07, 6.45) is 1.55. The number of nitrogens with zero attached hydrogens (tertiary/aromatic N) is 2. The van der Waals surface area contributed by atoms with Crippen LogP contribution in [0.3, 0.4) is 0 Å². The van der Waals surface area contributed by atoms with Gasteiger partial charge in [0.25, 0.3) is 0 Å². The SMILES string of the molecule is Cc1ccc(C)c(NC(=O)[C@H](Sc2ncnc3ccccc23)c2ccccc2)c1. The number of carbonyl (C=O) groups excluding carboxylic acids is 1. The summed E-state index contributed by atoms with van der Waals surface area (Å²) in [6, 6.07) is 23.7. The fourth-order valence-corrected chi connectivity index (χ4v) is 4.25. The molecule has 1 N–H and O–H groups in total. The molecule has 4 aromatic rings. The van der Waals surface area contributed by atoms with Crippen molar-refractivity contribution in [1.29, 1.82) is 0 Å². The van der Waals surface area contributed by atoms with Crippen LogP contribution in [0.25, 0.3) is 10.9 Å². The second-order valence-corrected chi connectivity index (χ2v) is 8.01. The van der Waals surface area contributed by atoms with Crippen LogP contribution in [0.1, 0.15) is 21.9 Å². The van der Waals surface area contributed by atoms with E-state index >= 15 is 0 Å². The van der Waals surface area contributed by atoms with Crippen LogP contribution in [0.5, 0.6) is 0 Å². The van der Waals surface area contributed by atoms with Gasteiger partial charge in [-0.1, -0.05) is 72.4 Å². The largest absolute Gasteiger partial charge is 0.325 e. The number of hydrogen-bond donors (Lipinski definition) is 1. The maximum atomic E-state index is 13.3. The lowest BCUT2D eigenvalue weighted by atomic mass is 10.1. The molecule has 29 heavy (non-hydrogen) atoms. The molecular formula is C24H21N3OS. The van der Waals surface area contributed by atoms with Gasteiger partial charge in [0, 0.05) is 11.1 Å². The normalized spacial score (nSPS) is 11.9. The Hall–Kier alpha value is -3.18. The number of hydrogen-bond acceptors (Lipinski definition) is 4. The molecule has 1 atom stereocenters. The van der Waals surface area contributed by atoms with Crippen LogP contribution in [0, 0.1) is 13.8 Å². The summed E-state index contributed by atoms with van der Waals surface area (Å²) in [5.74, 6) is -0.0717. The highest BCUT2D eigenvalue weighted by molar-refractivity contribution is 8.00. The van der Waals surface area contributed by atoms with E-state index in [-0.39, 0.29) is 5.91 Å². The Kier molecular flexibility index (Phi) is 5.58. The third-order valence-electron chi connectivity index (χ3n) is 4.73. The summed E-state index contributed by atoms with van der Waals surface area (Å²) in [5.41, 5.74) is 4.78. The topological polar surface area (TPSA) is 54.9 Å². The van der Waals surface area contributed by atoms with Gasteiger partial charge in [0.05, 0.1) is 5.52 Å². The fraction of sp³-hybridized carbons (Fsp3) is 0.125. The van der Waals surface area contributed by atoms with Gasteiger partial charge in [-0.2, -0.15) is 0 Å². The highest BCUT2D eigenvalue weighted by Gasteiger charge is 2.24. The van der Waals surface area contributed by atoms with Crippen molar-refractivity contribution >= 4 is 34.3 Å². The smallest absolute Gasteiger partial charge is 0.242 e. The van der Waals surface area contributed by atoms with Crippen LogP contribution in [0.15, 0.2) is 84.1 Å². The van der Waals surface area contributed by atoms with Gasteiger partial charge in [-0.3, -0.25) is 4.79 Å². The molecule has 144 valence electrons. The van der Waals surface area contributed by atoms with E-state index in [0.29, 0.717) is 0 Å². The molecule has 4 rings (SSSR count). The van der Waals surface area contributed by atoms with E-state index in [1.807, 2.05) is 86.6 Å². The lowest BCUT2D eigenvalue weighted by Crippen LogP contribution is -2.19. The highest BCUT2D eigenvalue weighted by Crippen LogP contribution is 2.38. The predicted molar refractivity (Wildman–Crippen MR) is 119 cm³/mol. The Labute approximate surface area is 174 Å². The molecule has 0 saturated carbocycles. The number of amides is 1. The number of benzene rings is 3. The Morgan fingerprint density at radius 1 is 0.931 bits per heavy atom. The third-order valence-corrected chi connectivity index (χ3v) is 6.00. The zero-order chi connectivity index (χ0) is 20.2. The first kappa shape index (κ1) is 19.2. The van der Waals surface area contributed by atoms with Gasteiger partial charge in [0.2, 0.25) is 5.91 Å². The van der Waals surface area contributed by atoms with Crippen molar-refractivity contribution in [1.82, 2.24) is 9.97 Å². The first-order valence-electron chi connectivity index (χ1n) is 9.41. The molecule has 5 heteroatoms. The van der Waals surface area contributed by atoms with Crippen LogP contribution in [-0.2, 0) is 4.79 Å². The minimum Gasteiger partial charge on any atom is -0.325 e. The quantitative estimate of drug-likeness (QED) is 0.344. The number of para-hydroxylation sites is 1. The maximum Gasteiger partial charge on any atom is 0.242 e. The van der Waals surface area contributed by atoms with Crippen molar-refractivity contribution in [2.45, 2.75) is 24.1 Å². The summed E-state index contributed by atoms with van der Waals surface area (Å²) in [5, 5.41) is 4.42. The zero-order valence-electron chi connectivity index (χ0n) is 16.3. The number of anilines is 1. The van der Waals surface area contributed by atoms with Crippen LogP contribution in [-0.4, -0.2) is 15.9 Å². The second kappa shape index (κ2) is 8.45. The van der Waals surface area contributed by atoms with Crippen molar-refractivity contribution in [2.75, 3.05) is 5.32 Å². The summed E-state index contributed by atoms with van der Waals surface area (Å²) >= 11 is 1.45. The molecule has 0 fully saturated rings. The van der Waals surface area contributed by atoms with Crippen molar-refractivity contribution in [3.8, 4) is 0 Å². The molecule has 1 aromatic heterocycles. The Bertz CT molecular complexity index is 1160. The fourth-order valence-electron chi connectivity index (χ4n) is 3.16. The average Bonchev–Trinajstić information content (AvgIpc) is 2.75. The zero-order valence-corrected chi connectivity index (χ0v) is 17.1. The predicted octanol–water partition coefficient (Wildman–Crippen LogP) is 5.72. The first-order chi connectivity index (χ1) is 14.1. The van der Waals surface area contributed by atoms with E-state index in [1.165, 1.54) is 11.8 Å². The van der Waals surface area contributed by atoms with E-state index in [4.69, 9.17) is 0 Å². The number of rotatable bonds is 5. The highest BCUT2D eigenvalue weighted by atomic mass is 32.2.